The van der Waals surface area contributed by atoms with E-state index < -0.39 is 0 Å². The second-order valence-electron chi connectivity index (χ2n) is 5.60. The van der Waals surface area contributed by atoms with E-state index in [0.717, 1.165) is 23.5 Å². The molecule has 1 N–H and O–H groups in total. The Morgan fingerprint density at radius 2 is 2.04 bits per heavy atom. The zero-order valence-electron chi connectivity index (χ0n) is 13.3. The number of hydrogen-bond acceptors (Lipinski definition) is 4. The molecule has 120 valence electrons. The Labute approximate surface area is 135 Å². The molecule has 0 saturated heterocycles. The number of nitrogens with one attached hydrogen (secondary N) is 1. The van der Waals surface area contributed by atoms with Crippen molar-refractivity contribution in [1.82, 2.24) is 0 Å². The van der Waals surface area contributed by atoms with Crippen molar-refractivity contribution in [2.24, 2.45) is 0 Å². The summed E-state index contributed by atoms with van der Waals surface area (Å²) in [6.07, 6.45) is 0. The largest absolute Gasteiger partial charge is 0.489 e. The molecule has 1 aliphatic heterocycles. The van der Waals surface area contributed by atoms with Crippen LogP contribution in [-0.2, 0) is 4.79 Å². The summed E-state index contributed by atoms with van der Waals surface area (Å²) in [6.45, 7) is 3.49. The van der Waals surface area contributed by atoms with Crippen LogP contribution in [0.3, 0.4) is 0 Å². The van der Waals surface area contributed by atoms with Crippen LogP contribution >= 0.6 is 0 Å². The van der Waals surface area contributed by atoms with Crippen LogP contribution in [0.5, 0.6) is 11.5 Å². The third kappa shape index (κ3) is 3.74. The van der Waals surface area contributed by atoms with Crippen molar-refractivity contribution in [3.8, 4) is 11.5 Å². The topological polar surface area (TPSA) is 50.8 Å². The van der Waals surface area contributed by atoms with Gasteiger partial charge in [-0.1, -0.05) is 17.7 Å². The van der Waals surface area contributed by atoms with Crippen LogP contribution in [0, 0.1) is 6.92 Å². The summed E-state index contributed by atoms with van der Waals surface area (Å²) in [5.74, 6) is 1.27. The first-order valence-electron chi connectivity index (χ1n) is 7.59. The van der Waals surface area contributed by atoms with Crippen molar-refractivity contribution in [2.75, 3.05) is 37.0 Å². The average molecular weight is 312 g/mol. The summed E-state index contributed by atoms with van der Waals surface area (Å²) < 4.78 is 11.1. The third-order valence-electron chi connectivity index (χ3n) is 3.73. The van der Waals surface area contributed by atoms with Crippen molar-refractivity contribution >= 4 is 17.3 Å². The second-order valence-corrected chi connectivity index (χ2v) is 5.60. The predicted molar refractivity (Wildman–Crippen MR) is 90.5 cm³/mol. The standard InChI is InChI=1S/C18H20N2O3/c1-13-3-6-15(7-4-13)23-12-18(21)19-14-5-8-16-17(11-14)22-10-9-20(16)2/h3-8,11H,9-10,12H2,1-2H3,(H,19,21). The second kappa shape index (κ2) is 6.60. The minimum Gasteiger partial charge on any atom is -0.489 e. The van der Waals surface area contributed by atoms with E-state index in [0.29, 0.717) is 18.0 Å². The fourth-order valence-electron chi connectivity index (χ4n) is 2.42. The summed E-state index contributed by atoms with van der Waals surface area (Å²) in [4.78, 5) is 14.1. The molecule has 0 atom stereocenters. The monoisotopic (exact) mass is 312 g/mol. The first kappa shape index (κ1) is 15.2. The Hall–Kier alpha value is -2.69. The first-order valence-corrected chi connectivity index (χ1v) is 7.59. The van der Waals surface area contributed by atoms with Crippen LogP contribution in [0.25, 0.3) is 0 Å². The van der Waals surface area contributed by atoms with E-state index in [9.17, 15) is 4.79 Å². The number of carbonyl (C=O) groups is 1. The number of aryl methyl sites for hydroxylation is 1. The molecule has 0 fully saturated rings. The summed E-state index contributed by atoms with van der Waals surface area (Å²) in [5, 5.41) is 2.83. The normalized spacial score (nSPS) is 13.0. The quantitative estimate of drug-likeness (QED) is 0.943. The highest BCUT2D eigenvalue weighted by Gasteiger charge is 2.15. The number of nitrogens with zero attached hydrogens (tertiary/aromatic N) is 1. The smallest absolute Gasteiger partial charge is 0.262 e. The molecular weight excluding hydrogens is 292 g/mol. The summed E-state index contributed by atoms with van der Waals surface area (Å²) in [5.41, 5.74) is 2.89. The molecule has 0 bridgehead atoms. The van der Waals surface area contributed by atoms with E-state index in [4.69, 9.17) is 9.47 Å². The molecule has 1 heterocycles. The highest BCUT2D eigenvalue weighted by molar-refractivity contribution is 5.92. The van der Waals surface area contributed by atoms with E-state index in [1.54, 1.807) is 0 Å². The molecule has 2 aromatic rings. The Bertz CT molecular complexity index is 698. The highest BCUT2D eigenvalue weighted by atomic mass is 16.5. The predicted octanol–water partition coefficient (Wildman–Crippen LogP) is 2.84. The van der Waals surface area contributed by atoms with Gasteiger partial charge in [-0.2, -0.15) is 0 Å². The number of carbonyl (C=O) groups excluding carboxylic acids is 1. The molecule has 0 unspecified atom stereocenters. The fourth-order valence-corrected chi connectivity index (χ4v) is 2.42. The number of amides is 1. The Balaban J connectivity index is 1.58. The first-order chi connectivity index (χ1) is 11.1. The van der Waals surface area contributed by atoms with Gasteiger partial charge < -0.3 is 19.7 Å². The number of likely N-dealkylation sites (N-methyl/N-ethyl adjacent to an activating group) is 1. The number of fused-ring (bicyclic) bond motifs is 1. The van der Waals surface area contributed by atoms with Gasteiger partial charge in [0.2, 0.25) is 0 Å². The molecule has 1 amide bonds. The van der Waals surface area contributed by atoms with Crippen molar-refractivity contribution in [3.63, 3.8) is 0 Å². The van der Waals surface area contributed by atoms with Crippen molar-refractivity contribution in [3.05, 3.63) is 48.0 Å². The lowest BCUT2D eigenvalue weighted by Crippen LogP contribution is -2.28. The molecule has 0 spiro atoms. The molecule has 1 aliphatic rings. The summed E-state index contributed by atoms with van der Waals surface area (Å²) >= 11 is 0. The molecule has 5 nitrogen and oxygen atoms in total. The van der Waals surface area contributed by atoms with E-state index >= 15 is 0 Å². The SMILES string of the molecule is Cc1ccc(OCC(=O)Nc2ccc3c(c2)OCCN3C)cc1. The molecule has 0 aliphatic carbocycles. The molecule has 3 rings (SSSR count). The number of anilines is 2. The van der Waals surface area contributed by atoms with Crippen LogP contribution in [-0.4, -0.2) is 32.7 Å². The van der Waals surface area contributed by atoms with Gasteiger partial charge in [0.1, 0.15) is 18.1 Å². The van der Waals surface area contributed by atoms with E-state index in [1.165, 1.54) is 0 Å². The highest BCUT2D eigenvalue weighted by Crippen LogP contribution is 2.33. The lowest BCUT2D eigenvalue weighted by atomic mass is 10.2. The Morgan fingerprint density at radius 3 is 2.83 bits per heavy atom. The van der Waals surface area contributed by atoms with E-state index in [-0.39, 0.29) is 12.5 Å². The maximum Gasteiger partial charge on any atom is 0.262 e. The van der Waals surface area contributed by atoms with Gasteiger partial charge in [0.25, 0.3) is 5.91 Å². The zero-order valence-corrected chi connectivity index (χ0v) is 13.3. The number of hydrogen-bond donors (Lipinski definition) is 1. The third-order valence-corrected chi connectivity index (χ3v) is 3.73. The molecular formula is C18H20N2O3. The Kier molecular flexibility index (Phi) is 4.37. The average Bonchev–Trinajstić information content (AvgIpc) is 2.54. The fraction of sp³-hybridized carbons (Fsp3) is 0.278. The summed E-state index contributed by atoms with van der Waals surface area (Å²) in [6, 6.07) is 13.3. The van der Waals surface area contributed by atoms with Crippen LogP contribution in [0.4, 0.5) is 11.4 Å². The molecule has 5 heteroatoms. The maximum absolute atomic E-state index is 12.0. The molecule has 0 saturated carbocycles. The zero-order chi connectivity index (χ0) is 16.2. The molecule has 0 aromatic heterocycles. The van der Waals surface area contributed by atoms with Gasteiger partial charge in [-0.25, -0.2) is 0 Å². The maximum atomic E-state index is 12.0. The lowest BCUT2D eigenvalue weighted by Gasteiger charge is -2.27. The van der Waals surface area contributed by atoms with Gasteiger partial charge >= 0.3 is 0 Å². The molecule has 0 radical (unpaired) electrons. The van der Waals surface area contributed by atoms with Crippen molar-refractivity contribution < 1.29 is 14.3 Å². The van der Waals surface area contributed by atoms with Gasteiger partial charge in [-0.05, 0) is 31.2 Å². The number of ether oxygens (including phenoxy) is 2. The molecule has 2 aromatic carbocycles. The van der Waals surface area contributed by atoms with E-state index in [2.05, 4.69) is 10.2 Å². The number of benzene rings is 2. The van der Waals surface area contributed by atoms with Crippen LogP contribution in [0.2, 0.25) is 0 Å². The minimum atomic E-state index is -0.199. The number of rotatable bonds is 4. The van der Waals surface area contributed by atoms with Crippen LogP contribution in [0.1, 0.15) is 5.56 Å². The van der Waals surface area contributed by atoms with Gasteiger partial charge in [0.05, 0.1) is 12.2 Å². The van der Waals surface area contributed by atoms with Gasteiger partial charge in [0, 0.05) is 18.8 Å². The Morgan fingerprint density at radius 1 is 1.26 bits per heavy atom. The summed E-state index contributed by atoms with van der Waals surface area (Å²) in [7, 11) is 2.02. The van der Waals surface area contributed by atoms with Crippen LogP contribution < -0.4 is 19.7 Å². The van der Waals surface area contributed by atoms with Gasteiger partial charge in [-0.3, -0.25) is 4.79 Å². The van der Waals surface area contributed by atoms with Gasteiger partial charge in [-0.15, -0.1) is 0 Å². The van der Waals surface area contributed by atoms with Crippen molar-refractivity contribution in [1.29, 1.82) is 0 Å². The lowest BCUT2D eigenvalue weighted by molar-refractivity contribution is -0.118. The van der Waals surface area contributed by atoms with Gasteiger partial charge in [0.15, 0.2) is 6.61 Å². The molecule has 23 heavy (non-hydrogen) atoms. The van der Waals surface area contributed by atoms with E-state index in [1.807, 2.05) is 56.4 Å². The van der Waals surface area contributed by atoms with Crippen LogP contribution in [0.15, 0.2) is 42.5 Å². The minimum absolute atomic E-state index is 0.0269. The van der Waals surface area contributed by atoms with Crippen molar-refractivity contribution in [2.45, 2.75) is 6.92 Å².